The normalized spacial score (nSPS) is 10.4. The Kier molecular flexibility index (Phi) is 4.85. The standard InChI is InChI=1S/C17H14ClN3O4/c1-23-14-8-13(15(24-2)7-12(14)18)20-16(22)10-3-5-11(6-4-10)17-21-19-9-25-17/h3-9H,1-2H3,(H,20,22). The van der Waals surface area contributed by atoms with Crippen LogP contribution < -0.4 is 14.8 Å². The monoisotopic (exact) mass is 359 g/mol. The number of hydrogen-bond acceptors (Lipinski definition) is 6. The van der Waals surface area contributed by atoms with Crippen LogP contribution in [0.4, 0.5) is 5.69 Å². The number of ether oxygens (including phenoxy) is 2. The summed E-state index contributed by atoms with van der Waals surface area (Å²) >= 11 is 6.06. The Hall–Kier alpha value is -3.06. The Labute approximate surface area is 148 Å². The summed E-state index contributed by atoms with van der Waals surface area (Å²) in [5.74, 6) is 0.946. The zero-order chi connectivity index (χ0) is 17.8. The minimum absolute atomic E-state index is 0.306. The second-order valence-corrected chi connectivity index (χ2v) is 5.37. The Morgan fingerprint density at radius 3 is 2.44 bits per heavy atom. The number of nitrogens with zero attached hydrogens (tertiary/aromatic N) is 2. The van der Waals surface area contributed by atoms with Crippen molar-refractivity contribution in [2.45, 2.75) is 0 Å². The predicted molar refractivity (Wildman–Crippen MR) is 92.2 cm³/mol. The number of carbonyl (C=O) groups is 1. The molecule has 128 valence electrons. The third-order valence-corrected chi connectivity index (χ3v) is 3.77. The van der Waals surface area contributed by atoms with E-state index in [2.05, 4.69) is 15.5 Å². The number of rotatable bonds is 5. The molecule has 0 radical (unpaired) electrons. The summed E-state index contributed by atoms with van der Waals surface area (Å²) in [5, 5.41) is 10.6. The lowest BCUT2D eigenvalue weighted by Gasteiger charge is -2.13. The van der Waals surface area contributed by atoms with E-state index in [4.69, 9.17) is 25.5 Å². The second kappa shape index (κ2) is 7.23. The van der Waals surface area contributed by atoms with Crippen molar-refractivity contribution in [1.29, 1.82) is 0 Å². The number of nitrogens with one attached hydrogen (secondary N) is 1. The van der Waals surface area contributed by atoms with E-state index in [0.717, 1.165) is 5.56 Å². The van der Waals surface area contributed by atoms with Gasteiger partial charge in [0.1, 0.15) is 11.5 Å². The first kappa shape index (κ1) is 16.8. The molecule has 0 aliphatic heterocycles. The first-order valence-corrected chi connectivity index (χ1v) is 7.59. The van der Waals surface area contributed by atoms with Crippen molar-refractivity contribution < 1.29 is 18.7 Å². The molecule has 0 atom stereocenters. The van der Waals surface area contributed by atoms with Crippen molar-refractivity contribution in [2.24, 2.45) is 0 Å². The van der Waals surface area contributed by atoms with Crippen molar-refractivity contribution >= 4 is 23.2 Å². The summed E-state index contributed by atoms with van der Waals surface area (Å²) in [6.45, 7) is 0. The van der Waals surface area contributed by atoms with Crippen LogP contribution in [0.5, 0.6) is 11.5 Å². The fourth-order valence-corrected chi connectivity index (χ4v) is 2.45. The van der Waals surface area contributed by atoms with Gasteiger partial charge in [0.25, 0.3) is 5.91 Å². The number of anilines is 1. The van der Waals surface area contributed by atoms with E-state index < -0.39 is 0 Å². The van der Waals surface area contributed by atoms with E-state index in [1.54, 1.807) is 36.4 Å². The quantitative estimate of drug-likeness (QED) is 0.748. The largest absolute Gasteiger partial charge is 0.495 e. The SMILES string of the molecule is COc1cc(NC(=O)c2ccc(-c3nnco3)cc2)c(OC)cc1Cl. The lowest BCUT2D eigenvalue weighted by molar-refractivity contribution is 0.102. The molecule has 7 nitrogen and oxygen atoms in total. The van der Waals surface area contributed by atoms with Gasteiger partial charge in [0.2, 0.25) is 12.3 Å². The first-order chi connectivity index (χ1) is 12.1. The highest BCUT2D eigenvalue weighted by Gasteiger charge is 2.14. The summed E-state index contributed by atoms with van der Waals surface area (Å²) in [6, 6.07) is 9.95. The van der Waals surface area contributed by atoms with Gasteiger partial charge in [-0.05, 0) is 24.3 Å². The molecule has 0 saturated heterocycles. The van der Waals surface area contributed by atoms with Crippen LogP contribution in [0.25, 0.3) is 11.5 Å². The van der Waals surface area contributed by atoms with Gasteiger partial charge in [-0.1, -0.05) is 11.6 Å². The lowest BCUT2D eigenvalue weighted by atomic mass is 10.1. The summed E-state index contributed by atoms with van der Waals surface area (Å²) in [5.41, 5.74) is 1.63. The minimum atomic E-state index is -0.306. The Bertz CT molecular complexity index is 880. The van der Waals surface area contributed by atoms with Gasteiger partial charge in [0.15, 0.2) is 0 Å². The number of benzene rings is 2. The van der Waals surface area contributed by atoms with Gasteiger partial charge in [-0.3, -0.25) is 4.79 Å². The zero-order valence-corrected chi connectivity index (χ0v) is 14.2. The number of aromatic nitrogens is 2. The Balaban J connectivity index is 1.82. The highest BCUT2D eigenvalue weighted by molar-refractivity contribution is 6.32. The van der Waals surface area contributed by atoms with Crippen LogP contribution in [-0.4, -0.2) is 30.3 Å². The smallest absolute Gasteiger partial charge is 0.255 e. The van der Waals surface area contributed by atoms with Crippen LogP contribution in [0.15, 0.2) is 47.2 Å². The molecule has 1 aromatic heterocycles. The number of methoxy groups -OCH3 is 2. The number of hydrogen-bond donors (Lipinski definition) is 1. The molecule has 25 heavy (non-hydrogen) atoms. The van der Waals surface area contributed by atoms with Crippen LogP contribution in [0.1, 0.15) is 10.4 Å². The van der Waals surface area contributed by atoms with Crippen LogP contribution in [0.3, 0.4) is 0 Å². The van der Waals surface area contributed by atoms with Crippen molar-refractivity contribution in [2.75, 3.05) is 19.5 Å². The highest BCUT2D eigenvalue weighted by atomic mass is 35.5. The maximum atomic E-state index is 12.5. The number of amides is 1. The molecular weight excluding hydrogens is 346 g/mol. The third-order valence-electron chi connectivity index (χ3n) is 3.48. The van der Waals surface area contributed by atoms with Crippen LogP contribution in [0.2, 0.25) is 5.02 Å². The highest BCUT2D eigenvalue weighted by Crippen LogP contribution is 2.36. The van der Waals surface area contributed by atoms with E-state index in [0.29, 0.717) is 33.7 Å². The van der Waals surface area contributed by atoms with Crippen LogP contribution in [0, 0.1) is 0 Å². The fourth-order valence-electron chi connectivity index (χ4n) is 2.22. The molecule has 3 aromatic rings. The molecule has 0 spiro atoms. The van der Waals surface area contributed by atoms with E-state index >= 15 is 0 Å². The molecule has 1 N–H and O–H groups in total. The summed E-state index contributed by atoms with van der Waals surface area (Å²) in [6.07, 6.45) is 1.25. The topological polar surface area (TPSA) is 86.5 Å². The molecule has 1 amide bonds. The van der Waals surface area contributed by atoms with Gasteiger partial charge in [-0.2, -0.15) is 0 Å². The Morgan fingerprint density at radius 2 is 1.84 bits per heavy atom. The number of carbonyl (C=O) groups excluding carboxylic acids is 1. The lowest BCUT2D eigenvalue weighted by Crippen LogP contribution is -2.12. The molecule has 0 aliphatic carbocycles. The molecule has 0 unspecified atom stereocenters. The maximum absolute atomic E-state index is 12.5. The number of halogens is 1. The van der Waals surface area contributed by atoms with E-state index in [-0.39, 0.29) is 5.91 Å². The van der Waals surface area contributed by atoms with E-state index in [1.165, 1.54) is 20.6 Å². The molecule has 8 heteroatoms. The van der Waals surface area contributed by atoms with Gasteiger partial charge >= 0.3 is 0 Å². The molecule has 0 saturated carbocycles. The molecule has 0 fully saturated rings. The molecule has 0 aliphatic rings. The molecular formula is C17H14ClN3O4. The van der Waals surface area contributed by atoms with Crippen molar-refractivity contribution in [3.8, 4) is 23.0 Å². The van der Waals surface area contributed by atoms with Crippen LogP contribution in [-0.2, 0) is 0 Å². The average molecular weight is 360 g/mol. The molecule has 1 heterocycles. The molecule has 3 rings (SSSR count). The van der Waals surface area contributed by atoms with Gasteiger partial charge in [0, 0.05) is 23.3 Å². The van der Waals surface area contributed by atoms with Crippen LogP contribution >= 0.6 is 11.6 Å². The van der Waals surface area contributed by atoms with Crippen molar-refractivity contribution in [3.63, 3.8) is 0 Å². The van der Waals surface area contributed by atoms with Gasteiger partial charge in [-0.25, -0.2) is 0 Å². The van der Waals surface area contributed by atoms with Gasteiger partial charge < -0.3 is 19.2 Å². The minimum Gasteiger partial charge on any atom is -0.495 e. The second-order valence-electron chi connectivity index (χ2n) is 4.96. The average Bonchev–Trinajstić information content (AvgIpc) is 3.17. The van der Waals surface area contributed by atoms with Gasteiger partial charge in [0.05, 0.1) is 24.9 Å². The predicted octanol–water partition coefficient (Wildman–Crippen LogP) is 3.66. The van der Waals surface area contributed by atoms with Crippen molar-refractivity contribution in [3.05, 3.63) is 53.4 Å². The summed E-state index contributed by atoms with van der Waals surface area (Å²) in [7, 11) is 2.99. The summed E-state index contributed by atoms with van der Waals surface area (Å²) in [4.78, 5) is 12.5. The Morgan fingerprint density at radius 1 is 1.12 bits per heavy atom. The van der Waals surface area contributed by atoms with Gasteiger partial charge in [-0.15, -0.1) is 10.2 Å². The third kappa shape index (κ3) is 3.56. The maximum Gasteiger partial charge on any atom is 0.255 e. The van der Waals surface area contributed by atoms with E-state index in [9.17, 15) is 4.79 Å². The molecule has 2 aromatic carbocycles. The first-order valence-electron chi connectivity index (χ1n) is 7.22. The zero-order valence-electron chi connectivity index (χ0n) is 13.4. The van der Waals surface area contributed by atoms with E-state index in [1.807, 2.05) is 0 Å². The molecule has 0 bridgehead atoms. The summed E-state index contributed by atoms with van der Waals surface area (Å²) < 4.78 is 15.5. The van der Waals surface area contributed by atoms with Crippen molar-refractivity contribution in [1.82, 2.24) is 10.2 Å². The fraction of sp³-hybridized carbons (Fsp3) is 0.118.